The van der Waals surface area contributed by atoms with Crippen molar-refractivity contribution in [3.8, 4) is 5.75 Å². The van der Waals surface area contributed by atoms with Crippen molar-refractivity contribution in [2.45, 2.75) is 6.10 Å². The monoisotopic (exact) mass is 224 g/mol. The fourth-order valence-electron chi connectivity index (χ4n) is 1.42. The zero-order valence-electron chi connectivity index (χ0n) is 9.36. The highest BCUT2D eigenvalue weighted by atomic mass is 16.5. The van der Waals surface area contributed by atoms with E-state index in [4.69, 9.17) is 4.74 Å². The number of carbonyl (C=O) groups is 1. The maximum absolute atomic E-state index is 10.4. The highest BCUT2D eigenvalue weighted by Gasteiger charge is 2.09. The van der Waals surface area contributed by atoms with Crippen LogP contribution in [0, 0.1) is 0 Å². The molecule has 1 atom stereocenters. The minimum Gasteiger partial charge on any atom is -0.495 e. The van der Waals surface area contributed by atoms with Gasteiger partial charge in [-0.15, -0.1) is 0 Å². The maximum Gasteiger partial charge on any atom is 0.211 e. The van der Waals surface area contributed by atoms with E-state index in [-0.39, 0.29) is 0 Å². The summed E-state index contributed by atoms with van der Waals surface area (Å²) in [6, 6.07) is 5.16. The molecule has 0 heterocycles. The summed E-state index contributed by atoms with van der Waals surface area (Å²) in [7, 11) is 3.28. The molecule has 0 aliphatic carbocycles. The second-order valence-electron chi connectivity index (χ2n) is 3.30. The van der Waals surface area contributed by atoms with Gasteiger partial charge in [0.05, 0.1) is 18.9 Å². The Kier molecular flexibility index (Phi) is 4.75. The van der Waals surface area contributed by atoms with Crippen molar-refractivity contribution in [3.63, 3.8) is 0 Å². The molecule has 0 spiro atoms. The molecule has 1 aromatic carbocycles. The van der Waals surface area contributed by atoms with Gasteiger partial charge in [-0.1, -0.05) is 6.07 Å². The fourth-order valence-corrected chi connectivity index (χ4v) is 1.42. The van der Waals surface area contributed by atoms with Gasteiger partial charge in [-0.3, -0.25) is 4.79 Å². The Balaban J connectivity index is 2.96. The van der Waals surface area contributed by atoms with Gasteiger partial charge in [-0.25, -0.2) is 0 Å². The molecule has 5 nitrogen and oxygen atoms in total. The zero-order chi connectivity index (χ0) is 12.0. The molecule has 1 unspecified atom stereocenters. The number of methoxy groups -OCH3 is 1. The van der Waals surface area contributed by atoms with Crippen LogP contribution in [-0.2, 0) is 4.79 Å². The van der Waals surface area contributed by atoms with Crippen molar-refractivity contribution in [1.82, 2.24) is 5.32 Å². The predicted octanol–water partition coefficient (Wildman–Crippen LogP) is 0.516. The number of ether oxygens (including phenoxy) is 1. The van der Waals surface area contributed by atoms with Crippen molar-refractivity contribution in [2.75, 3.05) is 26.0 Å². The molecule has 0 fully saturated rings. The minimum absolute atomic E-state index is 0.451. The quantitative estimate of drug-likeness (QED) is 0.616. The van der Waals surface area contributed by atoms with Crippen LogP contribution in [0.25, 0.3) is 0 Å². The summed E-state index contributed by atoms with van der Waals surface area (Å²) in [5.74, 6) is 0.563. The maximum atomic E-state index is 10.4. The Morgan fingerprint density at radius 1 is 1.56 bits per heavy atom. The Labute approximate surface area is 94.4 Å². The molecule has 0 bridgehead atoms. The van der Waals surface area contributed by atoms with E-state index in [1.807, 2.05) is 0 Å². The van der Waals surface area contributed by atoms with Gasteiger partial charge >= 0.3 is 0 Å². The van der Waals surface area contributed by atoms with Crippen LogP contribution < -0.4 is 15.4 Å². The summed E-state index contributed by atoms with van der Waals surface area (Å²) in [6.45, 7) is 0.451. The first-order chi connectivity index (χ1) is 7.72. The first-order valence-electron chi connectivity index (χ1n) is 4.93. The molecule has 1 rings (SSSR count). The average Bonchev–Trinajstić information content (AvgIpc) is 2.29. The summed E-state index contributed by atoms with van der Waals surface area (Å²) < 4.78 is 5.07. The number of nitrogens with one attached hydrogen (secondary N) is 2. The summed E-state index contributed by atoms with van der Waals surface area (Å²) in [5, 5.41) is 15.2. The molecule has 1 amide bonds. The Bertz CT molecular complexity index is 355. The van der Waals surface area contributed by atoms with E-state index >= 15 is 0 Å². The van der Waals surface area contributed by atoms with Gasteiger partial charge in [0.25, 0.3) is 0 Å². The van der Waals surface area contributed by atoms with Gasteiger partial charge < -0.3 is 20.5 Å². The lowest BCUT2D eigenvalue weighted by Crippen LogP contribution is -2.16. The number of likely N-dealkylation sites (N-methyl/N-ethyl adjacent to an activating group) is 1. The first kappa shape index (κ1) is 12.5. The molecular weight excluding hydrogens is 208 g/mol. The summed E-state index contributed by atoms with van der Waals surface area (Å²) in [6.07, 6.45) is -0.0328. The molecule has 3 N–H and O–H groups in total. The lowest BCUT2D eigenvalue weighted by atomic mass is 10.1. The molecule has 88 valence electrons. The number of anilines is 1. The van der Waals surface area contributed by atoms with E-state index in [0.717, 1.165) is 5.56 Å². The number of aliphatic hydroxyl groups is 1. The van der Waals surface area contributed by atoms with Crippen LogP contribution in [-0.4, -0.2) is 32.2 Å². The highest BCUT2D eigenvalue weighted by Crippen LogP contribution is 2.27. The third-order valence-corrected chi connectivity index (χ3v) is 2.22. The molecule has 1 aromatic rings. The van der Waals surface area contributed by atoms with E-state index in [0.29, 0.717) is 24.4 Å². The van der Waals surface area contributed by atoms with Crippen molar-refractivity contribution in [1.29, 1.82) is 0 Å². The first-order valence-corrected chi connectivity index (χ1v) is 4.93. The van der Waals surface area contributed by atoms with E-state index in [1.54, 1.807) is 25.2 Å². The van der Waals surface area contributed by atoms with Crippen molar-refractivity contribution in [3.05, 3.63) is 23.8 Å². The van der Waals surface area contributed by atoms with Crippen LogP contribution >= 0.6 is 0 Å². The lowest BCUT2D eigenvalue weighted by molar-refractivity contribution is -0.105. The predicted molar refractivity (Wildman–Crippen MR) is 61.6 cm³/mol. The second-order valence-corrected chi connectivity index (χ2v) is 3.30. The van der Waals surface area contributed by atoms with Gasteiger partial charge in [0, 0.05) is 6.54 Å². The Morgan fingerprint density at radius 2 is 2.31 bits per heavy atom. The highest BCUT2D eigenvalue weighted by molar-refractivity contribution is 5.75. The van der Waals surface area contributed by atoms with Crippen LogP contribution in [0.3, 0.4) is 0 Å². The number of aliphatic hydroxyl groups excluding tert-OH is 1. The molecular formula is C11H16N2O3. The van der Waals surface area contributed by atoms with E-state index in [1.165, 1.54) is 7.11 Å². The van der Waals surface area contributed by atoms with E-state index in [2.05, 4.69) is 10.6 Å². The topological polar surface area (TPSA) is 70.6 Å². The second kappa shape index (κ2) is 6.09. The van der Waals surface area contributed by atoms with E-state index < -0.39 is 6.10 Å². The number of hydrogen-bond acceptors (Lipinski definition) is 4. The molecule has 0 radical (unpaired) electrons. The largest absolute Gasteiger partial charge is 0.495 e. The lowest BCUT2D eigenvalue weighted by Gasteiger charge is -2.13. The Hall–Kier alpha value is -1.59. The van der Waals surface area contributed by atoms with Gasteiger partial charge in [0.1, 0.15) is 5.75 Å². The summed E-state index contributed by atoms with van der Waals surface area (Å²) >= 11 is 0. The fraction of sp³-hybridized carbons (Fsp3) is 0.364. The number of amides is 1. The molecule has 5 heteroatoms. The standard InChI is InChI=1S/C11H16N2O3/c1-12-6-10(15)8-3-4-11(16-2)9(5-8)13-7-14/h3-5,7,10,12,15H,6H2,1-2H3,(H,13,14). The molecule has 0 aromatic heterocycles. The van der Waals surface area contributed by atoms with Crippen LogP contribution in [0.2, 0.25) is 0 Å². The molecule has 16 heavy (non-hydrogen) atoms. The van der Waals surface area contributed by atoms with Gasteiger partial charge in [0.2, 0.25) is 6.41 Å². The normalized spacial score (nSPS) is 11.9. The van der Waals surface area contributed by atoms with E-state index in [9.17, 15) is 9.90 Å². The summed E-state index contributed by atoms with van der Waals surface area (Å²) in [5.41, 5.74) is 1.27. The third kappa shape index (κ3) is 2.95. The smallest absolute Gasteiger partial charge is 0.211 e. The van der Waals surface area contributed by atoms with Gasteiger partial charge in [0.15, 0.2) is 0 Å². The number of carbonyl (C=O) groups excluding carboxylic acids is 1. The number of hydrogen-bond donors (Lipinski definition) is 3. The van der Waals surface area contributed by atoms with Crippen LogP contribution in [0.5, 0.6) is 5.75 Å². The summed E-state index contributed by atoms with van der Waals surface area (Å²) in [4.78, 5) is 10.4. The van der Waals surface area contributed by atoms with Crippen molar-refractivity contribution in [2.24, 2.45) is 0 Å². The number of benzene rings is 1. The third-order valence-electron chi connectivity index (χ3n) is 2.22. The van der Waals surface area contributed by atoms with Crippen molar-refractivity contribution >= 4 is 12.1 Å². The van der Waals surface area contributed by atoms with Gasteiger partial charge in [-0.05, 0) is 24.7 Å². The molecule has 0 aliphatic heterocycles. The van der Waals surface area contributed by atoms with Crippen LogP contribution in [0.4, 0.5) is 5.69 Å². The average molecular weight is 224 g/mol. The molecule has 0 saturated heterocycles. The molecule has 0 saturated carbocycles. The van der Waals surface area contributed by atoms with Crippen molar-refractivity contribution < 1.29 is 14.6 Å². The molecule has 0 aliphatic rings. The zero-order valence-corrected chi connectivity index (χ0v) is 9.36. The Morgan fingerprint density at radius 3 is 2.88 bits per heavy atom. The van der Waals surface area contributed by atoms with Gasteiger partial charge in [-0.2, -0.15) is 0 Å². The number of rotatable bonds is 6. The SMILES string of the molecule is CNCC(O)c1ccc(OC)c(NC=O)c1. The van der Waals surface area contributed by atoms with Crippen LogP contribution in [0.15, 0.2) is 18.2 Å². The van der Waals surface area contributed by atoms with Crippen LogP contribution in [0.1, 0.15) is 11.7 Å². The minimum atomic E-state index is -0.608.